The number of hydrogen-bond acceptors (Lipinski definition) is 2. The fourth-order valence-corrected chi connectivity index (χ4v) is 0.131. The lowest BCUT2D eigenvalue weighted by atomic mass is 10.7. The number of rotatable bonds is 3. The van der Waals surface area contributed by atoms with Crippen molar-refractivity contribution in [3.05, 3.63) is 12.8 Å². The van der Waals surface area contributed by atoms with Gasteiger partial charge in [0.2, 0.25) is 0 Å². The Morgan fingerprint density at radius 2 is 2.67 bits per heavy atom. The van der Waals surface area contributed by atoms with Crippen molar-refractivity contribution in [2.45, 2.75) is 0 Å². The Hall–Kier alpha value is -0.790. The van der Waals surface area contributed by atoms with Gasteiger partial charge in [0.25, 0.3) is 0 Å². The molecule has 0 fully saturated rings. The first-order valence-corrected chi connectivity index (χ1v) is 1.69. The molecule has 2 heteroatoms. The SMILES string of the molecule is C=CNCC=O.[HH]. The smallest absolute Gasteiger partial charge is 0.139 e. The monoisotopic (exact) mass is 87.1 g/mol. The largest absolute Gasteiger partial charge is 0.385 e. The highest BCUT2D eigenvalue weighted by molar-refractivity contribution is 5.51. The molecule has 0 heterocycles. The van der Waals surface area contributed by atoms with Crippen molar-refractivity contribution in [1.82, 2.24) is 5.32 Å². The summed E-state index contributed by atoms with van der Waals surface area (Å²) in [6.45, 7) is 3.69. The fraction of sp³-hybridized carbons (Fsp3) is 0.250. The normalized spacial score (nSPS) is 6.67. The first-order chi connectivity index (χ1) is 2.91. The molecule has 1 N–H and O–H groups in total. The van der Waals surface area contributed by atoms with Crippen LogP contribution in [0.2, 0.25) is 0 Å². The van der Waals surface area contributed by atoms with Crippen LogP contribution in [0.5, 0.6) is 0 Å². The minimum Gasteiger partial charge on any atom is -0.385 e. The van der Waals surface area contributed by atoms with Crippen molar-refractivity contribution >= 4 is 6.29 Å². The maximum Gasteiger partial charge on any atom is 0.139 e. The molecule has 0 aromatic rings. The molecular weight excluding hydrogens is 78.0 g/mol. The molecule has 0 aromatic carbocycles. The molecule has 0 rings (SSSR count). The highest BCUT2D eigenvalue weighted by Crippen LogP contribution is 1.45. The van der Waals surface area contributed by atoms with E-state index in [1.807, 2.05) is 0 Å². The summed E-state index contributed by atoms with van der Waals surface area (Å²) >= 11 is 0. The Kier molecular flexibility index (Phi) is 3.66. The predicted octanol–water partition coefficient (Wildman–Crippen LogP) is 0.164. The zero-order valence-corrected chi connectivity index (χ0v) is 3.48. The van der Waals surface area contributed by atoms with Gasteiger partial charge >= 0.3 is 0 Å². The first-order valence-electron chi connectivity index (χ1n) is 1.69. The third kappa shape index (κ3) is 3.21. The Labute approximate surface area is 38.3 Å². The summed E-state index contributed by atoms with van der Waals surface area (Å²) < 4.78 is 0. The van der Waals surface area contributed by atoms with E-state index in [4.69, 9.17) is 0 Å². The van der Waals surface area contributed by atoms with Crippen LogP contribution in [0.3, 0.4) is 0 Å². The summed E-state index contributed by atoms with van der Waals surface area (Å²) in [4.78, 5) is 9.45. The maximum atomic E-state index is 9.45. The molecule has 0 atom stereocenters. The summed E-state index contributed by atoms with van der Waals surface area (Å²) in [5.74, 6) is 0. The lowest BCUT2D eigenvalue weighted by Crippen LogP contribution is -2.05. The van der Waals surface area contributed by atoms with E-state index < -0.39 is 0 Å². The highest BCUT2D eigenvalue weighted by atomic mass is 16.1. The molecule has 0 spiro atoms. The van der Waals surface area contributed by atoms with Gasteiger partial charge in [-0.05, 0) is 6.20 Å². The molecule has 36 valence electrons. The van der Waals surface area contributed by atoms with E-state index >= 15 is 0 Å². The molecule has 0 saturated heterocycles. The second-order valence-corrected chi connectivity index (χ2v) is 0.779. The van der Waals surface area contributed by atoms with Crippen LogP contribution >= 0.6 is 0 Å². The molecule has 0 aliphatic heterocycles. The fourth-order valence-electron chi connectivity index (χ4n) is 0.131. The van der Waals surface area contributed by atoms with Crippen LogP contribution in [-0.4, -0.2) is 12.8 Å². The molecule has 2 nitrogen and oxygen atoms in total. The van der Waals surface area contributed by atoms with Crippen molar-refractivity contribution < 1.29 is 6.22 Å². The number of hydrogen-bond donors (Lipinski definition) is 1. The van der Waals surface area contributed by atoms with E-state index in [-0.39, 0.29) is 1.43 Å². The average molecular weight is 87.1 g/mol. The van der Waals surface area contributed by atoms with Crippen LogP contribution < -0.4 is 5.32 Å². The Balaban J connectivity index is 0. The van der Waals surface area contributed by atoms with Crippen molar-refractivity contribution in [2.75, 3.05) is 6.54 Å². The van der Waals surface area contributed by atoms with Crippen molar-refractivity contribution in [1.29, 1.82) is 0 Å². The third-order valence-corrected chi connectivity index (χ3v) is 0.346. The van der Waals surface area contributed by atoms with E-state index in [9.17, 15) is 4.79 Å². The van der Waals surface area contributed by atoms with Crippen molar-refractivity contribution in [3.8, 4) is 0 Å². The molecule has 0 amide bonds. The van der Waals surface area contributed by atoms with Gasteiger partial charge in [0, 0.05) is 1.43 Å². The van der Waals surface area contributed by atoms with Crippen molar-refractivity contribution in [2.24, 2.45) is 0 Å². The van der Waals surface area contributed by atoms with Crippen LogP contribution in [-0.2, 0) is 4.79 Å². The minimum atomic E-state index is 0. The zero-order chi connectivity index (χ0) is 4.83. The standard InChI is InChI=1S/C4H7NO.H2/c1-2-5-3-4-6;/h2,4-5H,1,3H2;1H. The number of carbonyl (C=O) groups excluding carboxylic acids is 1. The highest BCUT2D eigenvalue weighted by Gasteiger charge is 1.65. The predicted molar refractivity (Wildman–Crippen MR) is 26.4 cm³/mol. The summed E-state index contributed by atoms with van der Waals surface area (Å²) in [5, 5.41) is 2.59. The molecule has 0 unspecified atom stereocenters. The van der Waals surface area contributed by atoms with E-state index in [1.54, 1.807) is 0 Å². The molecule has 0 aliphatic rings. The lowest BCUT2D eigenvalue weighted by molar-refractivity contribution is -0.107. The van der Waals surface area contributed by atoms with Gasteiger partial charge in [-0.3, -0.25) is 0 Å². The van der Waals surface area contributed by atoms with Gasteiger partial charge in [0.1, 0.15) is 6.29 Å². The lowest BCUT2D eigenvalue weighted by Gasteiger charge is -1.82. The Morgan fingerprint density at radius 1 is 2.00 bits per heavy atom. The van der Waals surface area contributed by atoms with E-state index in [0.717, 1.165) is 6.29 Å². The Bertz CT molecular complexity index is 47.7. The molecule has 0 aromatic heterocycles. The summed E-state index contributed by atoms with van der Waals surface area (Å²) in [5.41, 5.74) is 0. The van der Waals surface area contributed by atoms with Gasteiger partial charge in [-0.2, -0.15) is 0 Å². The second kappa shape index (κ2) is 4.21. The van der Waals surface area contributed by atoms with Crippen LogP contribution in [0, 0.1) is 0 Å². The second-order valence-electron chi connectivity index (χ2n) is 0.779. The number of aldehydes is 1. The van der Waals surface area contributed by atoms with Crippen LogP contribution in [0.1, 0.15) is 1.43 Å². The first kappa shape index (κ1) is 5.21. The van der Waals surface area contributed by atoms with Crippen LogP contribution in [0.15, 0.2) is 12.8 Å². The van der Waals surface area contributed by atoms with Gasteiger partial charge in [-0.25, -0.2) is 0 Å². The van der Waals surface area contributed by atoms with E-state index in [1.165, 1.54) is 6.20 Å². The van der Waals surface area contributed by atoms with E-state index in [0.29, 0.717) is 6.54 Å². The molecule has 0 saturated carbocycles. The van der Waals surface area contributed by atoms with Crippen LogP contribution in [0.4, 0.5) is 0 Å². The molecular formula is C4H9NO. The minimum absolute atomic E-state index is 0. The quantitative estimate of drug-likeness (QED) is 0.392. The average Bonchev–Trinajstić information content (AvgIpc) is 1.61. The van der Waals surface area contributed by atoms with Crippen LogP contribution in [0.25, 0.3) is 0 Å². The molecule has 0 radical (unpaired) electrons. The molecule has 0 aliphatic carbocycles. The summed E-state index contributed by atoms with van der Waals surface area (Å²) in [7, 11) is 0. The number of nitrogens with one attached hydrogen (secondary N) is 1. The molecule has 0 bridgehead atoms. The maximum absolute atomic E-state index is 9.45. The molecule has 6 heavy (non-hydrogen) atoms. The van der Waals surface area contributed by atoms with Crippen molar-refractivity contribution in [3.63, 3.8) is 0 Å². The van der Waals surface area contributed by atoms with Gasteiger partial charge < -0.3 is 10.1 Å². The van der Waals surface area contributed by atoms with Gasteiger partial charge in [0.05, 0.1) is 6.54 Å². The topological polar surface area (TPSA) is 29.1 Å². The zero-order valence-electron chi connectivity index (χ0n) is 3.48. The third-order valence-electron chi connectivity index (χ3n) is 0.346. The summed E-state index contributed by atoms with van der Waals surface area (Å²) in [6.07, 6.45) is 2.26. The Morgan fingerprint density at radius 3 is 2.83 bits per heavy atom. The van der Waals surface area contributed by atoms with Gasteiger partial charge in [-0.15, -0.1) is 0 Å². The van der Waals surface area contributed by atoms with Gasteiger partial charge in [0.15, 0.2) is 0 Å². The van der Waals surface area contributed by atoms with E-state index in [2.05, 4.69) is 11.9 Å². The number of carbonyl (C=O) groups is 1. The van der Waals surface area contributed by atoms with Gasteiger partial charge in [-0.1, -0.05) is 6.58 Å². The summed E-state index contributed by atoms with van der Waals surface area (Å²) in [6, 6.07) is 0.